The highest BCUT2D eigenvalue weighted by atomic mass is 79.9. The Morgan fingerprint density at radius 2 is 2.00 bits per heavy atom. The molecule has 1 heterocycles. The quantitative estimate of drug-likeness (QED) is 0.825. The molecular formula is C15H20BrNO. The van der Waals surface area contributed by atoms with Crippen molar-refractivity contribution in [3.63, 3.8) is 0 Å². The molecular weight excluding hydrogens is 290 g/mol. The minimum absolute atomic E-state index is 0.807. The topological polar surface area (TPSA) is 12.5 Å². The van der Waals surface area contributed by atoms with Gasteiger partial charge < -0.3 is 4.74 Å². The largest absolute Gasteiger partial charge is 0.496 e. The zero-order valence-electron chi connectivity index (χ0n) is 10.9. The third-order valence-corrected chi connectivity index (χ3v) is 5.15. The third-order valence-electron chi connectivity index (χ3n) is 4.40. The van der Waals surface area contributed by atoms with E-state index in [0.29, 0.717) is 0 Å². The van der Waals surface area contributed by atoms with E-state index < -0.39 is 0 Å². The number of fused-ring (bicyclic) bond motifs is 1. The average molecular weight is 310 g/mol. The molecule has 1 aliphatic heterocycles. The molecule has 0 atom stereocenters. The molecule has 0 amide bonds. The minimum Gasteiger partial charge on any atom is -0.496 e. The zero-order chi connectivity index (χ0) is 12.5. The van der Waals surface area contributed by atoms with Crippen LogP contribution in [0.4, 0.5) is 0 Å². The van der Waals surface area contributed by atoms with Crippen molar-refractivity contribution in [1.82, 2.24) is 4.90 Å². The van der Waals surface area contributed by atoms with E-state index >= 15 is 0 Å². The van der Waals surface area contributed by atoms with Crippen LogP contribution in [-0.2, 0) is 13.0 Å². The Balaban J connectivity index is 1.88. The zero-order valence-corrected chi connectivity index (χ0v) is 12.5. The number of benzene rings is 1. The maximum Gasteiger partial charge on any atom is 0.123 e. The molecule has 2 nitrogen and oxygen atoms in total. The van der Waals surface area contributed by atoms with Gasteiger partial charge >= 0.3 is 0 Å². The van der Waals surface area contributed by atoms with Crippen molar-refractivity contribution in [1.29, 1.82) is 0 Å². The van der Waals surface area contributed by atoms with Gasteiger partial charge in [-0.3, -0.25) is 4.90 Å². The second kappa shape index (κ2) is 5.22. The van der Waals surface area contributed by atoms with E-state index in [1.54, 1.807) is 7.11 Å². The third kappa shape index (κ3) is 2.19. The molecule has 1 aromatic carbocycles. The molecule has 1 aromatic rings. The average Bonchev–Trinajstić information content (AvgIpc) is 2.93. The number of nitrogens with zero attached hydrogens (tertiary/aromatic N) is 1. The van der Waals surface area contributed by atoms with Crippen molar-refractivity contribution in [2.24, 2.45) is 0 Å². The Morgan fingerprint density at radius 3 is 2.72 bits per heavy atom. The highest BCUT2D eigenvalue weighted by Crippen LogP contribution is 2.36. The molecule has 2 aliphatic rings. The molecule has 0 aromatic heterocycles. The van der Waals surface area contributed by atoms with E-state index in [2.05, 4.69) is 33.0 Å². The van der Waals surface area contributed by atoms with Crippen LogP contribution in [0, 0.1) is 0 Å². The van der Waals surface area contributed by atoms with Crippen LogP contribution in [0.2, 0.25) is 0 Å². The van der Waals surface area contributed by atoms with E-state index in [4.69, 9.17) is 4.74 Å². The first-order valence-corrected chi connectivity index (χ1v) is 7.67. The van der Waals surface area contributed by atoms with Gasteiger partial charge in [0.15, 0.2) is 0 Å². The summed E-state index contributed by atoms with van der Waals surface area (Å²) in [5.74, 6) is 1.05. The van der Waals surface area contributed by atoms with Crippen LogP contribution < -0.4 is 4.74 Å². The minimum atomic E-state index is 0.807. The lowest BCUT2D eigenvalue weighted by Gasteiger charge is -2.34. The number of hydrogen-bond donors (Lipinski definition) is 0. The molecule has 0 bridgehead atoms. The molecule has 0 spiro atoms. The summed E-state index contributed by atoms with van der Waals surface area (Å²) in [6.45, 7) is 2.26. The molecule has 3 rings (SSSR count). The summed E-state index contributed by atoms with van der Waals surface area (Å²) in [6.07, 6.45) is 6.72. The predicted octanol–water partition coefficient (Wildman–Crippen LogP) is 3.76. The maximum atomic E-state index is 5.53. The van der Waals surface area contributed by atoms with Crippen molar-refractivity contribution in [2.75, 3.05) is 13.7 Å². The van der Waals surface area contributed by atoms with Gasteiger partial charge in [-0.25, -0.2) is 0 Å². The van der Waals surface area contributed by atoms with E-state index in [9.17, 15) is 0 Å². The smallest absolute Gasteiger partial charge is 0.123 e. The lowest BCUT2D eigenvalue weighted by atomic mass is 9.97. The number of methoxy groups -OCH3 is 1. The van der Waals surface area contributed by atoms with Crippen LogP contribution in [0.25, 0.3) is 0 Å². The van der Waals surface area contributed by atoms with Crippen molar-refractivity contribution >= 4 is 15.9 Å². The summed E-state index contributed by atoms with van der Waals surface area (Å²) in [7, 11) is 1.78. The van der Waals surface area contributed by atoms with Gasteiger partial charge in [-0.2, -0.15) is 0 Å². The summed E-state index contributed by atoms with van der Waals surface area (Å²) in [5, 5.41) is 0. The second-order valence-electron chi connectivity index (χ2n) is 5.37. The first-order chi connectivity index (χ1) is 8.79. The summed E-state index contributed by atoms with van der Waals surface area (Å²) >= 11 is 3.67. The number of hydrogen-bond acceptors (Lipinski definition) is 2. The number of halogens is 1. The van der Waals surface area contributed by atoms with Crippen LogP contribution in [0.5, 0.6) is 5.75 Å². The van der Waals surface area contributed by atoms with Crippen molar-refractivity contribution in [3.8, 4) is 5.75 Å². The Morgan fingerprint density at radius 1 is 1.22 bits per heavy atom. The van der Waals surface area contributed by atoms with E-state index in [0.717, 1.165) is 24.8 Å². The summed E-state index contributed by atoms with van der Waals surface area (Å²) in [5.41, 5.74) is 2.84. The number of rotatable bonds is 2. The molecule has 0 unspecified atom stereocenters. The highest BCUT2D eigenvalue weighted by molar-refractivity contribution is 9.10. The van der Waals surface area contributed by atoms with Crippen LogP contribution in [0.3, 0.4) is 0 Å². The SMILES string of the molecule is COc1ccc(Br)c2c1CN(C1CCCC1)CC2. The van der Waals surface area contributed by atoms with Crippen molar-refractivity contribution in [2.45, 2.75) is 44.7 Å². The maximum absolute atomic E-state index is 5.53. The fourth-order valence-corrected chi connectivity index (χ4v) is 3.97. The lowest BCUT2D eigenvalue weighted by molar-refractivity contribution is 0.178. The van der Waals surface area contributed by atoms with E-state index in [1.165, 1.54) is 47.8 Å². The molecule has 1 aliphatic carbocycles. The molecule has 3 heteroatoms. The van der Waals surface area contributed by atoms with E-state index in [-0.39, 0.29) is 0 Å². The van der Waals surface area contributed by atoms with Gasteiger partial charge in [-0.1, -0.05) is 28.8 Å². The Hall–Kier alpha value is -0.540. The van der Waals surface area contributed by atoms with Crippen molar-refractivity contribution in [3.05, 3.63) is 27.7 Å². The first kappa shape index (κ1) is 12.5. The van der Waals surface area contributed by atoms with Gasteiger partial charge in [-0.05, 0) is 37.0 Å². The Kier molecular flexibility index (Phi) is 3.62. The predicted molar refractivity (Wildman–Crippen MR) is 77.1 cm³/mol. The Bertz CT molecular complexity index is 440. The molecule has 1 saturated carbocycles. The summed E-state index contributed by atoms with van der Waals surface area (Å²) < 4.78 is 6.77. The Labute approximate surface area is 117 Å². The van der Waals surface area contributed by atoms with Gasteiger partial charge in [0.1, 0.15) is 5.75 Å². The molecule has 0 N–H and O–H groups in total. The lowest BCUT2D eigenvalue weighted by Crippen LogP contribution is -2.38. The monoisotopic (exact) mass is 309 g/mol. The fourth-order valence-electron chi connectivity index (χ4n) is 3.40. The normalized spacial score (nSPS) is 21.0. The van der Waals surface area contributed by atoms with Crippen LogP contribution in [0.15, 0.2) is 16.6 Å². The van der Waals surface area contributed by atoms with Crippen LogP contribution in [-0.4, -0.2) is 24.6 Å². The van der Waals surface area contributed by atoms with Gasteiger partial charge in [0.05, 0.1) is 7.11 Å². The van der Waals surface area contributed by atoms with Gasteiger partial charge in [0, 0.05) is 29.2 Å². The first-order valence-electron chi connectivity index (χ1n) is 6.88. The fraction of sp³-hybridized carbons (Fsp3) is 0.600. The van der Waals surface area contributed by atoms with Gasteiger partial charge in [0.2, 0.25) is 0 Å². The highest BCUT2D eigenvalue weighted by Gasteiger charge is 2.28. The summed E-state index contributed by atoms with van der Waals surface area (Å²) in [4.78, 5) is 2.66. The van der Waals surface area contributed by atoms with Gasteiger partial charge in [-0.15, -0.1) is 0 Å². The molecule has 1 fully saturated rings. The van der Waals surface area contributed by atoms with Crippen LogP contribution in [0.1, 0.15) is 36.8 Å². The molecule has 18 heavy (non-hydrogen) atoms. The molecule has 0 saturated heterocycles. The second-order valence-corrected chi connectivity index (χ2v) is 6.22. The van der Waals surface area contributed by atoms with Crippen molar-refractivity contribution < 1.29 is 4.74 Å². The molecule has 0 radical (unpaired) electrons. The van der Waals surface area contributed by atoms with E-state index in [1.807, 2.05) is 0 Å². The standard InChI is InChI=1S/C15H20BrNO/c1-18-15-7-6-14(16)12-8-9-17(10-13(12)15)11-4-2-3-5-11/h6-7,11H,2-5,8-10H2,1H3. The molecule has 98 valence electrons. The summed E-state index contributed by atoms with van der Waals surface area (Å²) in [6, 6.07) is 5.01. The number of ether oxygens (including phenoxy) is 1. The van der Waals surface area contributed by atoms with Gasteiger partial charge in [0.25, 0.3) is 0 Å². The van der Waals surface area contributed by atoms with Crippen LogP contribution >= 0.6 is 15.9 Å².